The molecule has 2 fully saturated rings. The second-order valence-electron chi connectivity index (χ2n) is 8.11. The minimum absolute atomic E-state index is 0.422. The normalized spacial score (nSPS) is 40.8. The molecule has 0 aromatic carbocycles. The number of hydrogen-bond acceptors (Lipinski definition) is 3. The predicted octanol–water partition coefficient (Wildman–Crippen LogP) is 3.60. The molecular formula is C17H34N2S. The summed E-state index contributed by atoms with van der Waals surface area (Å²) in [5, 5.41) is 0.766. The lowest BCUT2D eigenvalue weighted by Gasteiger charge is -2.45. The fourth-order valence-corrected chi connectivity index (χ4v) is 5.00. The maximum atomic E-state index is 6.45. The van der Waals surface area contributed by atoms with Crippen molar-refractivity contribution >= 4 is 11.8 Å². The van der Waals surface area contributed by atoms with Crippen LogP contribution in [0.2, 0.25) is 0 Å². The Morgan fingerprint density at radius 2 is 1.90 bits per heavy atom. The van der Waals surface area contributed by atoms with Crippen LogP contribution in [0.4, 0.5) is 0 Å². The van der Waals surface area contributed by atoms with Crippen molar-refractivity contribution in [3.05, 3.63) is 0 Å². The molecule has 2 N–H and O–H groups in total. The van der Waals surface area contributed by atoms with Gasteiger partial charge in [-0.25, -0.2) is 0 Å². The monoisotopic (exact) mass is 298 g/mol. The van der Waals surface area contributed by atoms with Crippen LogP contribution in [0.5, 0.6) is 0 Å². The third kappa shape index (κ3) is 3.92. The zero-order chi connectivity index (χ0) is 14.9. The Morgan fingerprint density at radius 3 is 2.55 bits per heavy atom. The van der Waals surface area contributed by atoms with E-state index >= 15 is 0 Å². The van der Waals surface area contributed by atoms with Crippen molar-refractivity contribution in [2.24, 2.45) is 23.0 Å². The second kappa shape index (κ2) is 6.58. The maximum Gasteiger partial charge on any atom is 0.0184 e. The Hall–Kier alpha value is 0.270. The van der Waals surface area contributed by atoms with Gasteiger partial charge >= 0.3 is 0 Å². The highest BCUT2D eigenvalue weighted by Gasteiger charge is 2.36. The Morgan fingerprint density at radius 1 is 1.20 bits per heavy atom. The largest absolute Gasteiger partial charge is 0.327 e. The third-order valence-electron chi connectivity index (χ3n) is 5.75. The molecule has 118 valence electrons. The first kappa shape index (κ1) is 16.6. The van der Waals surface area contributed by atoms with E-state index in [1.54, 1.807) is 0 Å². The molecule has 1 aliphatic carbocycles. The number of thioether (sulfide) groups is 1. The van der Waals surface area contributed by atoms with Gasteiger partial charge in [0.1, 0.15) is 0 Å². The van der Waals surface area contributed by atoms with Crippen LogP contribution in [-0.4, -0.2) is 41.1 Å². The topological polar surface area (TPSA) is 29.3 Å². The molecule has 20 heavy (non-hydrogen) atoms. The fourth-order valence-electron chi connectivity index (χ4n) is 3.84. The van der Waals surface area contributed by atoms with Crippen LogP contribution < -0.4 is 5.73 Å². The molecule has 1 saturated heterocycles. The van der Waals surface area contributed by atoms with E-state index in [2.05, 4.69) is 51.3 Å². The summed E-state index contributed by atoms with van der Waals surface area (Å²) < 4.78 is 0. The Balaban J connectivity index is 1.96. The fraction of sp³-hybridized carbons (Fsp3) is 1.00. The minimum atomic E-state index is 0.422. The van der Waals surface area contributed by atoms with Crippen LogP contribution in [0, 0.1) is 17.3 Å². The molecule has 5 unspecified atom stereocenters. The van der Waals surface area contributed by atoms with Crippen molar-refractivity contribution in [1.29, 1.82) is 0 Å². The van der Waals surface area contributed by atoms with Gasteiger partial charge < -0.3 is 5.73 Å². The van der Waals surface area contributed by atoms with Crippen LogP contribution in [0.15, 0.2) is 0 Å². The van der Waals surface area contributed by atoms with Crippen molar-refractivity contribution in [2.45, 2.75) is 71.2 Å². The molecular weight excluding hydrogens is 264 g/mol. The number of nitrogens with two attached hydrogens (primary N) is 1. The third-order valence-corrected chi connectivity index (χ3v) is 7.09. The van der Waals surface area contributed by atoms with Gasteiger partial charge in [-0.05, 0) is 43.4 Å². The summed E-state index contributed by atoms with van der Waals surface area (Å²) in [7, 11) is 0. The standard InChI is InChI=1S/C17H34N2S/c1-12-13(2)20-9-8-19(12)11-14-10-15(17(3,4)5)6-7-16(14)18/h12-16H,6-11,18H2,1-5H3. The van der Waals surface area contributed by atoms with E-state index in [9.17, 15) is 0 Å². The van der Waals surface area contributed by atoms with Crippen LogP contribution >= 0.6 is 11.8 Å². The maximum absolute atomic E-state index is 6.45. The average molecular weight is 299 g/mol. The molecule has 2 nitrogen and oxygen atoms in total. The van der Waals surface area contributed by atoms with E-state index < -0.39 is 0 Å². The molecule has 0 radical (unpaired) electrons. The first-order chi connectivity index (χ1) is 9.29. The van der Waals surface area contributed by atoms with Crippen molar-refractivity contribution in [2.75, 3.05) is 18.8 Å². The molecule has 0 amide bonds. The molecule has 2 aliphatic rings. The summed E-state index contributed by atoms with van der Waals surface area (Å²) in [6.45, 7) is 14.4. The average Bonchev–Trinajstić information content (AvgIpc) is 2.36. The molecule has 5 atom stereocenters. The van der Waals surface area contributed by atoms with Gasteiger partial charge in [-0.1, -0.05) is 27.7 Å². The number of nitrogens with zero attached hydrogens (tertiary/aromatic N) is 1. The van der Waals surface area contributed by atoms with Crippen LogP contribution in [0.1, 0.15) is 53.9 Å². The van der Waals surface area contributed by atoms with Crippen molar-refractivity contribution < 1.29 is 0 Å². The molecule has 1 saturated carbocycles. The minimum Gasteiger partial charge on any atom is -0.327 e. The molecule has 0 bridgehead atoms. The van der Waals surface area contributed by atoms with Gasteiger partial charge in [0.05, 0.1) is 0 Å². The summed E-state index contributed by atoms with van der Waals surface area (Å²) in [6.07, 6.45) is 3.87. The first-order valence-electron chi connectivity index (χ1n) is 8.40. The van der Waals surface area contributed by atoms with E-state index in [1.165, 1.54) is 38.1 Å². The van der Waals surface area contributed by atoms with Crippen molar-refractivity contribution in [3.8, 4) is 0 Å². The highest BCUT2D eigenvalue weighted by molar-refractivity contribution is 8.00. The lowest BCUT2D eigenvalue weighted by molar-refractivity contribution is 0.0873. The highest BCUT2D eigenvalue weighted by Crippen LogP contribution is 2.40. The lowest BCUT2D eigenvalue weighted by Crippen LogP contribution is -2.51. The molecule has 2 rings (SSSR count). The van der Waals surface area contributed by atoms with Gasteiger partial charge in [0.25, 0.3) is 0 Å². The van der Waals surface area contributed by atoms with E-state index in [-0.39, 0.29) is 0 Å². The summed E-state index contributed by atoms with van der Waals surface area (Å²) in [5.41, 5.74) is 6.89. The van der Waals surface area contributed by atoms with Crippen LogP contribution in [0.25, 0.3) is 0 Å². The van der Waals surface area contributed by atoms with Gasteiger partial charge in [0, 0.05) is 36.2 Å². The highest BCUT2D eigenvalue weighted by atomic mass is 32.2. The summed E-state index contributed by atoms with van der Waals surface area (Å²) in [6, 6.07) is 1.13. The molecule has 1 aliphatic heterocycles. The molecule has 0 aromatic rings. The zero-order valence-electron chi connectivity index (χ0n) is 14.1. The van der Waals surface area contributed by atoms with E-state index in [1.807, 2.05) is 0 Å². The van der Waals surface area contributed by atoms with Gasteiger partial charge in [-0.15, -0.1) is 0 Å². The Kier molecular flexibility index (Phi) is 5.47. The second-order valence-corrected chi connectivity index (χ2v) is 9.60. The lowest BCUT2D eigenvalue weighted by atomic mass is 9.67. The van der Waals surface area contributed by atoms with Crippen LogP contribution in [0.3, 0.4) is 0 Å². The first-order valence-corrected chi connectivity index (χ1v) is 9.45. The van der Waals surface area contributed by atoms with E-state index in [0.29, 0.717) is 23.4 Å². The Bertz CT molecular complexity index is 313. The number of rotatable bonds is 2. The van der Waals surface area contributed by atoms with Crippen molar-refractivity contribution in [1.82, 2.24) is 4.90 Å². The zero-order valence-corrected chi connectivity index (χ0v) is 14.9. The SMILES string of the molecule is CC1SCCN(CC2CC(C(C)(C)C)CCC2N)C1C. The molecule has 1 heterocycles. The number of hydrogen-bond donors (Lipinski definition) is 1. The summed E-state index contributed by atoms with van der Waals surface area (Å²) in [4.78, 5) is 2.71. The van der Waals surface area contributed by atoms with Gasteiger partial charge in [0.2, 0.25) is 0 Å². The van der Waals surface area contributed by atoms with Gasteiger partial charge in [-0.3, -0.25) is 4.90 Å². The summed E-state index contributed by atoms with van der Waals surface area (Å²) >= 11 is 2.12. The van der Waals surface area contributed by atoms with E-state index in [0.717, 1.165) is 11.2 Å². The van der Waals surface area contributed by atoms with E-state index in [4.69, 9.17) is 5.73 Å². The Labute approximate surface area is 130 Å². The predicted molar refractivity (Wildman–Crippen MR) is 91.2 cm³/mol. The molecule has 3 heteroatoms. The quantitative estimate of drug-likeness (QED) is 0.844. The van der Waals surface area contributed by atoms with Crippen LogP contribution in [-0.2, 0) is 0 Å². The van der Waals surface area contributed by atoms with Gasteiger partial charge in [0.15, 0.2) is 0 Å². The molecule has 0 aromatic heterocycles. The summed E-state index contributed by atoms with van der Waals surface area (Å²) in [5.74, 6) is 2.83. The smallest absolute Gasteiger partial charge is 0.0184 e. The molecule has 0 spiro atoms. The van der Waals surface area contributed by atoms with Gasteiger partial charge in [-0.2, -0.15) is 11.8 Å². The van der Waals surface area contributed by atoms with Crippen molar-refractivity contribution in [3.63, 3.8) is 0 Å².